The number of hydrogen-bond acceptors (Lipinski definition) is 7. The van der Waals surface area contributed by atoms with E-state index in [1.54, 1.807) is 19.2 Å². The molecular formula is C31H43N3O6S. The summed E-state index contributed by atoms with van der Waals surface area (Å²) in [5.41, 5.74) is 3.55. The SMILES string of the molecule is CNc1cc(S(=O)(=O)N[C@H]2CC[C@H](C(=O)N3CCOC[C@@H]3C(C)C)CC2)ccc1-c1ccc(CCC(=O)OC)cc1. The molecule has 0 spiro atoms. The quantitative estimate of drug-likeness (QED) is 0.402. The van der Waals surface area contributed by atoms with Crippen LogP contribution in [0.25, 0.3) is 11.1 Å². The number of anilines is 1. The smallest absolute Gasteiger partial charge is 0.305 e. The number of ether oxygens (including phenoxy) is 2. The lowest BCUT2D eigenvalue weighted by molar-refractivity contribution is -0.147. The Morgan fingerprint density at radius 1 is 1.07 bits per heavy atom. The van der Waals surface area contributed by atoms with Gasteiger partial charge >= 0.3 is 5.97 Å². The molecule has 1 atom stereocenters. The van der Waals surface area contributed by atoms with Crippen molar-refractivity contribution in [3.05, 3.63) is 48.0 Å². The normalized spacial score (nSPS) is 21.5. The number of nitrogens with one attached hydrogen (secondary N) is 2. The van der Waals surface area contributed by atoms with Gasteiger partial charge in [-0.15, -0.1) is 0 Å². The fourth-order valence-corrected chi connectivity index (χ4v) is 7.11. The van der Waals surface area contributed by atoms with Gasteiger partial charge in [-0.25, -0.2) is 13.1 Å². The van der Waals surface area contributed by atoms with Crippen LogP contribution >= 0.6 is 0 Å². The van der Waals surface area contributed by atoms with Crippen LogP contribution in [0.2, 0.25) is 0 Å². The van der Waals surface area contributed by atoms with Crippen LogP contribution in [0.1, 0.15) is 51.5 Å². The van der Waals surface area contributed by atoms with Crippen LogP contribution in [0.3, 0.4) is 0 Å². The molecule has 2 aromatic carbocycles. The molecule has 0 aromatic heterocycles. The van der Waals surface area contributed by atoms with E-state index in [1.807, 2.05) is 35.2 Å². The van der Waals surface area contributed by atoms with Gasteiger partial charge in [-0.05, 0) is 61.3 Å². The number of esters is 1. The maximum absolute atomic E-state index is 13.3. The molecule has 2 N–H and O–H groups in total. The fourth-order valence-electron chi connectivity index (χ4n) is 5.78. The Balaban J connectivity index is 1.37. The summed E-state index contributed by atoms with van der Waals surface area (Å²) in [7, 11) is -0.591. The lowest BCUT2D eigenvalue weighted by atomic mass is 9.85. The Hall–Kier alpha value is -2.95. The molecule has 1 saturated carbocycles. The van der Waals surface area contributed by atoms with Crippen molar-refractivity contribution >= 4 is 27.6 Å². The van der Waals surface area contributed by atoms with Gasteiger partial charge in [0.05, 0.1) is 31.3 Å². The van der Waals surface area contributed by atoms with Crippen molar-refractivity contribution in [1.82, 2.24) is 9.62 Å². The summed E-state index contributed by atoms with van der Waals surface area (Å²) in [5, 5.41) is 3.13. The number of carbonyl (C=O) groups excluding carboxylic acids is 2. The highest BCUT2D eigenvalue weighted by molar-refractivity contribution is 7.89. The van der Waals surface area contributed by atoms with E-state index in [2.05, 4.69) is 23.9 Å². The van der Waals surface area contributed by atoms with Crippen molar-refractivity contribution in [1.29, 1.82) is 0 Å². The number of sulfonamides is 1. The highest BCUT2D eigenvalue weighted by atomic mass is 32.2. The molecule has 0 bridgehead atoms. The van der Waals surface area contributed by atoms with Crippen molar-refractivity contribution < 1.29 is 27.5 Å². The first-order chi connectivity index (χ1) is 19.6. The minimum atomic E-state index is -3.74. The molecule has 9 nitrogen and oxygen atoms in total. The molecule has 224 valence electrons. The zero-order chi connectivity index (χ0) is 29.6. The molecular weight excluding hydrogens is 542 g/mol. The molecule has 0 unspecified atom stereocenters. The number of carbonyl (C=O) groups is 2. The average molecular weight is 586 g/mol. The Morgan fingerprint density at radius 2 is 1.78 bits per heavy atom. The lowest BCUT2D eigenvalue weighted by Gasteiger charge is -2.41. The predicted molar refractivity (Wildman–Crippen MR) is 159 cm³/mol. The van der Waals surface area contributed by atoms with Gasteiger partial charge in [0.25, 0.3) is 0 Å². The van der Waals surface area contributed by atoms with Gasteiger partial charge in [-0.3, -0.25) is 9.59 Å². The van der Waals surface area contributed by atoms with Crippen LogP contribution in [0.5, 0.6) is 0 Å². The van der Waals surface area contributed by atoms with E-state index in [-0.39, 0.29) is 34.8 Å². The summed E-state index contributed by atoms with van der Waals surface area (Å²) < 4.78 is 39.9. The monoisotopic (exact) mass is 585 g/mol. The third-order valence-electron chi connectivity index (χ3n) is 8.30. The van der Waals surface area contributed by atoms with Crippen molar-refractivity contribution in [2.24, 2.45) is 11.8 Å². The van der Waals surface area contributed by atoms with Crippen LogP contribution in [0.4, 0.5) is 5.69 Å². The lowest BCUT2D eigenvalue weighted by Crippen LogP contribution is -2.53. The minimum Gasteiger partial charge on any atom is -0.469 e. The highest BCUT2D eigenvalue weighted by Crippen LogP contribution is 2.32. The number of amides is 1. The zero-order valence-corrected chi connectivity index (χ0v) is 25.3. The third kappa shape index (κ3) is 7.67. The molecule has 2 aliphatic rings. The van der Waals surface area contributed by atoms with Gasteiger partial charge in [-0.2, -0.15) is 0 Å². The molecule has 4 rings (SSSR count). The van der Waals surface area contributed by atoms with Crippen molar-refractivity contribution in [3.63, 3.8) is 0 Å². The number of nitrogens with zero attached hydrogens (tertiary/aromatic N) is 1. The number of rotatable bonds is 10. The van der Waals surface area contributed by atoms with Crippen LogP contribution in [-0.4, -0.2) is 71.2 Å². The summed E-state index contributed by atoms with van der Waals surface area (Å²) >= 11 is 0. The summed E-state index contributed by atoms with van der Waals surface area (Å²) in [5.74, 6) is 0.191. The van der Waals surface area contributed by atoms with E-state index in [0.717, 1.165) is 16.7 Å². The maximum Gasteiger partial charge on any atom is 0.305 e. The van der Waals surface area contributed by atoms with Crippen LogP contribution in [-0.2, 0) is 35.5 Å². The Kier molecular flexibility index (Phi) is 10.4. The van der Waals surface area contributed by atoms with E-state index in [9.17, 15) is 18.0 Å². The molecule has 1 heterocycles. The summed E-state index contributed by atoms with van der Waals surface area (Å²) in [6.07, 6.45) is 3.52. The molecule has 10 heteroatoms. The Bertz CT molecular complexity index is 1300. The molecule has 0 radical (unpaired) electrons. The van der Waals surface area contributed by atoms with E-state index < -0.39 is 10.0 Å². The molecule has 2 aromatic rings. The molecule has 2 fully saturated rings. The first kappa shape index (κ1) is 31.0. The Labute approximate surface area is 244 Å². The van der Waals surface area contributed by atoms with Crippen LogP contribution in [0.15, 0.2) is 47.4 Å². The van der Waals surface area contributed by atoms with Gasteiger partial charge in [0.2, 0.25) is 15.9 Å². The third-order valence-corrected chi connectivity index (χ3v) is 9.82. The van der Waals surface area contributed by atoms with E-state index in [4.69, 9.17) is 9.47 Å². The first-order valence-electron chi connectivity index (χ1n) is 14.5. The van der Waals surface area contributed by atoms with Crippen LogP contribution < -0.4 is 10.0 Å². The second-order valence-electron chi connectivity index (χ2n) is 11.3. The molecule has 1 amide bonds. The van der Waals surface area contributed by atoms with Crippen molar-refractivity contribution in [2.75, 3.05) is 39.2 Å². The molecule has 41 heavy (non-hydrogen) atoms. The summed E-state index contributed by atoms with van der Waals surface area (Å²) in [6, 6.07) is 12.9. The van der Waals surface area contributed by atoms with Crippen LogP contribution in [0, 0.1) is 11.8 Å². The van der Waals surface area contributed by atoms with E-state index in [0.29, 0.717) is 69.9 Å². The number of morpholine rings is 1. The molecule has 1 aliphatic carbocycles. The van der Waals surface area contributed by atoms with Gasteiger partial charge < -0.3 is 19.7 Å². The number of hydrogen-bond donors (Lipinski definition) is 2. The Morgan fingerprint density at radius 3 is 2.41 bits per heavy atom. The predicted octanol–water partition coefficient (Wildman–Crippen LogP) is 4.22. The van der Waals surface area contributed by atoms with Gasteiger partial charge in [0.1, 0.15) is 0 Å². The highest BCUT2D eigenvalue weighted by Gasteiger charge is 2.36. The standard InChI is InChI=1S/C31H43N3O6S/c1-21(2)29-20-40-18-17-34(29)31(36)24-10-12-25(13-11-24)33-41(37,38)26-14-15-27(28(19-26)32-3)23-8-5-22(6-9-23)7-16-30(35)39-4/h5-6,8-9,14-15,19,21,24-25,29,32-33H,7,10-13,16-18,20H2,1-4H3/t24-,25-,29-/m1/s1. The minimum absolute atomic E-state index is 0.0721. The number of methoxy groups -OCH3 is 1. The van der Waals surface area contributed by atoms with E-state index in [1.165, 1.54) is 7.11 Å². The average Bonchev–Trinajstić information content (AvgIpc) is 2.99. The van der Waals surface area contributed by atoms with Crippen molar-refractivity contribution in [3.8, 4) is 11.1 Å². The molecule has 1 aliphatic heterocycles. The number of aryl methyl sites for hydroxylation is 1. The maximum atomic E-state index is 13.3. The fraction of sp³-hybridized carbons (Fsp3) is 0.548. The first-order valence-corrected chi connectivity index (χ1v) is 16.0. The molecule has 1 saturated heterocycles. The van der Waals surface area contributed by atoms with Crippen molar-refractivity contribution in [2.45, 2.75) is 69.4 Å². The second kappa shape index (κ2) is 13.8. The zero-order valence-electron chi connectivity index (χ0n) is 24.5. The van der Waals surface area contributed by atoms with Gasteiger partial charge in [-0.1, -0.05) is 44.2 Å². The number of benzene rings is 2. The topological polar surface area (TPSA) is 114 Å². The second-order valence-corrected chi connectivity index (χ2v) is 13.0. The summed E-state index contributed by atoms with van der Waals surface area (Å²) in [4.78, 5) is 26.9. The van der Waals surface area contributed by atoms with Gasteiger partial charge in [0.15, 0.2) is 0 Å². The van der Waals surface area contributed by atoms with E-state index >= 15 is 0 Å². The van der Waals surface area contributed by atoms with Gasteiger partial charge in [0, 0.05) is 43.2 Å². The summed E-state index contributed by atoms with van der Waals surface area (Å²) in [6.45, 7) is 6.00. The largest absolute Gasteiger partial charge is 0.469 e.